The molecular weight excluding hydrogens is 367 g/mol. The van der Waals surface area contributed by atoms with Gasteiger partial charge in [-0.25, -0.2) is 9.59 Å². The highest BCUT2D eigenvalue weighted by Crippen LogP contribution is 2.25. The smallest absolute Gasteiger partial charge is 0.338 e. The molecule has 1 aromatic heterocycles. The molecule has 25 heavy (non-hydrogen) atoms. The molecule has 8 heteroatoms. The fraction of sp³-hybridized carbons (Fsp3) is 0.0588. The minimum atomic E-state index is -1.01. The molecule has 0 atom stereocenters. The maximum absolute atomic E-state index is 11.4. The van der Waals surface area contributed by atoms with Crippen LogP contribution < -0.4 is 5.73 Å². The number of carbonyl (C=O) groups excluding carboxylic acids is 1. The molecule has 0 unspecified atom stereocenters. The molecule has 0 radical (unpaired) electrons. The molecule has 3 aromatic rings. The summed E-state index contributed by atoms with van der Waals surface area (Å²) in [6, 6.07) is 9.32. The van der Waals surface area contributed by atoms with Crippen LogP contribution in [0, 0.1) is 0 Å². The number of aromatic amines is 1. The van der Waals surface area contributed by atoms with Crippen LogP contribution in [0.4, 0.5) is 5.69 Å². The van der Waals surface area contributed by atoms with E-state index in [4.69, 9.17) is 34.0 Å². The van der Waals surface area contributed by atoms with Gasteiger partial charge < -0.3 is 20.6 Å². The number of H-pyrrole nitrogens is 1. The van der Waals surface area contributed by atoms with Crippen LogP contribution in [-0.4, -0.2) is 29.1 Å². The number of halogens is 2. The number of nitrogens with two attached hydrogens (primary N) is 1. The lowest BCUT2D eigenvalue weighted by Crippen LogP contribution is -2.01. The highest BCUT2D eigenvalue weighted by molar-refractivity contribution is 6.35. The van der Waals surface area contributed by atoms with E-state index >= 15 is 0 Å². The first-order valence-corrected chi connectivity index (χ1v) is 7.73. The molecule has 130 valence electrons. The van der Waals surface area contributed by atoms with Crippen molar-refractivity contribution in [3.05, 3.63) is 63.8 Å². The molecule has 2 aromatic carbocycles. The fourth-order valence-corrected chi connectivity index (χ4v) is 2.42. The van der Waals surface area contributed by atoms with E-state index in [2.05, 4.69) is 9.72 Å². The second-order valence-electron chi connectivity index (χ2n) is 4.89. The fourth-order valence-electron chi connectivity index (χ4n) is 2.09. The van der Waals surface area contributed by atoms with E-state index in [1.165, 1.54) is 25.3 Å². The number of carbonyl (C=O) groups is 2. The van der Waals surface area contributed by atoms with E-state index < -0.39 is 5.97 Å². The Kier molecular flexibility index (Phi) is 5.90. The molecule has 3 rings (SSSR count). The van der Waals surface area contributed by atoms with Crippen LogP contribution in [0.3, 0.4) is 0 Å². The van der Waals surface area contributed by atoms with Gasteiger partial charge >= 0.3 is 11.9 Å². The quantitative estimate of drug-likeness (QED) is 0.455. The maximum atomic E-state index is 11.4. The van der Waals surface area contributed by atoms with Gasteiger partial charge in [-0.1, -0.05) is 23.2 Å². The molecule has 0 aliphatic carbocycles. The first-order valence-electron chi connectivity index (χ1n) is 6.97. The summed E-state index contributed by atoms with van der Waals surface area (Å²) in [4.78, 5) is 24.7. The molecule has 0 fully saturated rings. The van der Waals surface area contributed by atoms with Crippen molar-refractivity contribution in [3.8, 4) is 0 Å². The minimum absolute atomic E-state index is 0.145. The van der Waals surface area contributed by atoms with Crippen molar-refractivity contribution in [2.75, 3.05) is 12.8 Å². The van der Waals surface area contributed by atoms with Gasteiger partial charge in [0.15, 0.2) is 0 Å². The molecule has 0 aliphatic rings. The number of hydrogen-bond acceptors (Lipinski definition) is 4. The minimum Gasteiger partial charge on any atom is -0.478 e. The Balaban J connectivity index is 0.000000186. The Bertz CT molecular complexity index is 938. The lowest BCUT2D eigenvalue weighted by atomic mass is 10.1. The van der Waals surface area contributed by atoms with Crippen molar-refractivity contribution in [1.29, 1.82) is 0 Å². The zero-order valence-electron chi connectivity index (χ0n) is 13.0. The molecule has 0 saturated carbocycles. The first kappa shape index (κ1) is 18.6. The second kappa shape index (κ2) is 7.92. The first-order chi connectivity index (χ1) is 11.8. The van der Waals surface area contributed by atoms with Crippen molar-refractivity contribution >= 4 is 51.7 Å². The predicted octanol–water partition coefficient (Wildman–Crippen LogP) is 4.23. The number of carboxylic acids is 1. The SMILES string of the molecule is COC(=O)c1ccc(Cl)c2[nH]ccc12.Nc1cc(C(=O)O)ccc1Cl. The molecule has 0 saturated heterocycles. The normalized spacial score (nSPS) is 10.0. The van der Waals surface area contributed by atoms with E-state index in [1.807, 2.05) is 0 Å². The summed E-state index contributed by atoms with van der Waals surface area (Å²) in [5.41, 5.74) is 7.07. The average molecular weight is 381 g/mol. The molecule has 6 nitrogen and oxygen atoms in total. The van der Waals surface area contributed by atoms with Crippen molar-refractivity contribution < 1.29 is 19.4 Å². The number of ether oxygens (including phenoxy) is 1. The van der Waals surface area contributed by atoms with Crippen molar-refractivity contribution in [2.45, 2.75) is 0 Å². The number of hydrogen-bond donors (Lipinski definition) is 3. The Hall–Kier alpha value is -2.70. The topological polar surface area (TPSA) is 105 Å². The van der Waals surface area contributed by atoms with Gasteiger partial charge in [0.1, 0.15) is 0 Å². The van der Waals surface area contributed by atoms with Crippen molar-refractivity contribution in [1.82, 2.24) is 4.98 Å². The van der Waals surface area contributed by atoms with E-state index in [1.54, 1.807) is 24.4 Å². The highest BCUT2D eigenvalue weighted by atomic mass is 35.5. The Labute approximate surface area is 153 Å². The van der Waals surface area contributed by atoms with Gasteiger partial charge in [-0.15, -0.1) is 0 Å². The number of aromatic carboxylic acids is 1. The number of anilines is 1. The Morgan fingerprint density at radius 2 is 1.80 bits per heavy atom. The van der Waals surface area contributed by atoms with Gasteiger partial charge in [-0.3, -0.25) is 0 Å². The number of benzene rings is 2. The van der Waals surface area contributed by atoms with Crippen molar-refractivity contribution in [2.24, 2.45) is 0 Å². The Morgan fingerprint density at radius 1 is 1.12 bits per heavy atom. The number of nitrogens with one attached hydrogen (secondary N) is 1. The molecular formula is C17H14Cl2N2O4. The van der Waals surface area contributed by atoms with Gasteiger partial charge in [0.25, 0.3) is 0 Å². The summed E-state index contributed by atoms with van der Waals surface area (Å²) >= 11 is 11.5. The summed E-state index contributed by atoms with van der Waals surface area (Å²) in [6.45, 7) is 0. The van der Waals surface area contributed by atoms with Crippen LogP contribution in [0.2, 0.25) is 10.0 Å². The largest absolute Gasteiger partial charge is 0.478 e. The number of rotatable bonds is 2. The average Bonchev–Trinajstić information content (AvgIpc) is 3.08. The van der Waals surface area contributed by atoms with E-state index in [0.717, 1.165) is 10.9 Å². The number of methoxy groups -OCH3 is 1. The van der Waals surface area contributed by atoms with Gasteiger partial charge in [0, 0.05) is 11.6 Å². The molecule has 4 N–H and O–H groups in total. The van der Waals surface area contributed by atoms with Crippen LogP contribution in [0.25, 0.3) is 10.9 Å². The summed E-state index contributed by atoms with van der Waals surface area (Å²) < 4.78 is 4.66. The predicted molar refractivity (Wildman–Crippen MR) is 97.5 cm³/mol. The molecule has 0 aliphatic heterocycles. The lowest BCUT2D eigenvalue weighted by Gasteiger charge is -2.01. The molecule has 1 heterocycles. The van der Waals surface area contributed by atoms with Gasteiger partial charge in [-0.05, 0) is 36.4 Å². The molecule has 0 bridgehead atoms. The van der Waals surface area contributed by atoms with Gasteiger partial charge in [-0.2, -0.15) is 0 Å². The van der Waals surface area contributed by atoms with Crippen LogP contribution in [0.5, 0.6) is 0 Å². The standard InChI is InChI=1S/C10H8ClNO2.C7H6ClNO2/c1-14-10(13)7-2-3-8(11)9-6(7)4-5-12-9;8-5-2-1-4(7(10)11)3-6(5)9/h2-5,12H,1H3;1-3H,9H2,(H,10,11). The molecule has 0 amide bonds. The van der Waals surface area contributed by atoms with Gasteiger partial charge in [0.05, 0.1) is 39.5 Å². The van der Waals surface area contributed by atoms with Crippen LogP contribution in [0.15, 0.2) is 42.6 Å². The van der Waals surface area contributed by atoms with Crippen molar-refractivity contribution in [3.63, 3.8) is 0 Å². The third-order valence-corrected chi connectivity index (χ3v) is 3.98. The lowest BCUT2D eigenvalue weighted by molar-refractivity contribution is 0.0602. The van der Waals surface area contributed by atoms with Crippen LogP contribution in [-0.2, 0) is 4.74 Å². The third kappa shape index (κ3) is 4.23. The summed E-state index contributed by atoms with van der Waals surface area (Å²) in [6.07, 6.45) is 1.74. The number of aromatic nitrogens is 1. The Morgan fingerprint density at radius 3 is 2.40 bits per heavy atom. The third-order valence-electron chi connectivity index (χ3n) is 3.32. The molecule has 0 spiro atoms. The summed E-state index contributed by atoms with van der Waals surface area (Å²) in [5.74, 6) is -1.36. The number of esters is 1. The highest BCUT2D eigenvalue weighted by Gasteiger charge is 2.12. The van der Waals surface area contributed by atoms with Crippen LogP contribution >= 0.6 is 23.2 Å². The zero-order chi connectivity index (χ0) is 18.6. The summed E-state index contributed by atoms with van der Waals surface area (Å²) in [7, 11) is 1.36. The van der Waals surface area contributed by atoms with E-state index in [9.17, 15) is 9.59 Å². The maximum Gasteiger partial charge on any atom is 0.338 e. The summed E-state index contributed by atoms with van der Waals surface area (Å²) in [5, 5.41) is 10.2. The number of carboxylic acid groups (broad SMARTS) is 1. The number of fused-ring (bicyclic) bond motifs is 1. The second-order valence-corrected chi connectivity index (χ2v) is 5.71. The van der Waals surface area contributed by atoms with E-state index in [0.29, 0.717) is 15.6 Å². The van der Waals surface area contributed by atoms with Crippen LogP contribution in [0.1, 0.15) is 20.7 Å². The number of nitrogen functional groups attached to an aromatic ring is 1. The zero-order valence-corrected chi connectivity index (χ0v) is 14.6. The van der Waals surface area contributed by atoms with E-state index in [-0.39, 0.29) is 17.2 Å². The monoisotopic (exact) mass is 380 g/mol. The van der Waals surface area contributed by atoms with Gasteiger partial charge in [0.2, 0.25) is 0 Å².